The van der Waals surface area contributed by atoms with Gasteiger partial charge in [0.2, 0.25) is 5.91 Å². The molecule has 1 fully saturated rings. The van der Waals surface area contributed by atoms with Gasteiger partial charge in [-0.05, 0) is 12.1 Å². The topological polar surface area (TPSA) is 49.4 Å². The van der Waals surface area contributed by atoms with Crippen LogP contribution in [0, 0.1) is 0 Å². The number of carbonyl (C=O) groups is 2. The summed E-state index contributed by atoms with van der Waals surface area (Å²) in [5.74, 6) is -0.256. The first-order valence-electron chi connectivity index (χ1n) is 3.94. The van der Waals surface area contributed by atoms with E-state index in [1.807, 2.05) is 18.2 Å². The van der Waals surface area contributed by atoms with Gasteiger partial charge in [-0.15, -0.1) is 0 Å². The molecule has 4 nitrogen and oxygen atoms in total. The maximum absolute atomic E-state index is 11.2. The van der Waals surface area contributed by atoms with Crippen molar-refractivity contribution in [3.8, 4) is 0 Å². The third kappa shape index (κ3) is 2.43. The van der Waals surface area contributed by atoms with Gasteiger partial charge in [0.15, 0.2) is 0 Å². The minimum absolute atomic E-state index is 0. The molecule has 1 aliphatic heterocycles. The Morgan fingerprint density at radius 1 is 1.14 bits per heavy atom. The van der Waals surface area contributed by atoms with Crippen molar-refractivity contribution in [2.24, 2.45) is 0 Å². The van der Waals surface area contributed by atoms with Crippen molar-refractivity contribution >= 4 is 69.0 Å². The van der Waals surface area contributed by atoms with Gasteiger partial charge in [0.25, 0.3) is 0 Å². The van der Waals surface area contributed by atoms with Crippen LogP contribution in [-0.4, -0.2) is 69.9 Å². The zero-order valence-electron chi connectivity index (χ0n) is 6.86. The monoisotopic (exact) mass is 216 g/mol. The number of nitrogens with zero attached hydrogens (tertiary/aromatic N) is 1. The summed E-state index contributed by atoms with van der Waals surface area (Å²) >= 11 is 0. The van der Waals surface area contributed by atoms with E-state index in [9.17, 15) is 9.59 Å². The summed E-state index contributed by atoms with van der Waals surface area (Å²) in [4.78, 5) is 23.4. The molecule has 1 heterocycles. The van der Waals surface area contributed by atoms with Gasteiger partial charge in [0, 0.05) is 5.69 Å². The van der Waals surface area contributed by atoms with Gasteiger partial charge < -0.3 is 0 Å². The number of anilines is 1. The number of carbonyl (C=O) groups excluding carboxylic acids is 2. The minimum atomic E-state index is -0.351. The summed E-state index contributed by atoms with van der Waals surface area (Å²) in [6.45, 7) is 0.114. The summed E-state index contributed by atoms with van der Waals surface area (Å²) in [5.41, 5.74) is 0.742. The van der Waals surface area contributed by atoms with Crippen LogP contribution in [0.15, 0.2) is 30.3 Å². The summed E-state index contributed by atoms with van der Waals surface area (Å²) in [5, 5.41) is 2.21. The number of hydrogen-bond donors (Lipinski definition) is 1. The Labute approximate surface area is 124 Å². The van der Waals surface area contributed by atoms with Crippen molar-refractivity contribution in [1.82, 2.24) is 5.32 Å². The zero-order valence-corrected chi connectivity index (χ0v) is 6.86. The molecule has 0 spiro atoms. The molecule has 2 rings (SSSR count). The van der Waals surface area contributed by atoms with Crippen molar-refractivity contribution in [2.75, 3.05) is 11.4 Å². The van der Waals surface area contributed by atoms with E-state index in [1.165, 1.54) is 4.90 Å². The molecule has 0 bridgehead atoms. The van der Waals surface area contributed by atoms with Crippen LogP contribution in [0.5, 0.6) is 0 Å². The second-order valence-electron chi connectivity index (χ2n) is 2.78. The molecule has 0 radical (unpaired) electrons. The molecule has 5 heteroatoms. The van der Waals surface area contributed by atoms with E-state index in [0.717, 1.165) is 5.69 Å². The molecular weight excluding hydrogens is 207 g/mol. The van der Waals surface area contributed by atoms with Crippen LogP contribution in [0.4, 0.5) is 10.5 Å². The average molecular weight is 216 g/mol. The second kappa shape index (κ2) is 5.04. The summed E-state index contributed by atoms with van der Waals surface area (Å²) < 4.78 is 0. The number of imide groups is 1. The Kier molecular flexibility index (Phi) is 4.27. The van der Waals surface area contributed by atoms with E-state index in [4.69, 9.17) is 0 Å². The van der Waals surface area contributed by atoms with Crippen LogP contribution < -0.4 is 10.2 Å². The molecular formula is C9H9KN2O2. The molecule has 0 aromatic heterocycles. The molecule has 68 valence electrons. The summed E-state index contributed by atoms with van der Waals surface area (Å²) in [7, 11) is 0. The van der Waals surface area contributed by atoms with Crippen molar-refractivity contribution in [1.29, 1.82) is 0 Å². The molecule has 1 aliphatic rings. The number of para-hydroxylation sites is 1. The number of urea groups is 1. The van der Waals surface area contributed by atoms with E-state index in [2.05, 4.69) is 5.32 Å². The predicted molar refractivity (Wildman–Crippen MR) is 54.5 cm³/mol. The number of nitrogens with one attached hydrogen (secondary N) is 1. The van der Waals surface area contributed by atoms with Crippen molar-refractivity contribution < 1.29 is 9.59 Å². The van der Waals surface area contributed by atoms with Crippen LogP contribution in [0.25, 0.3) is 0 Å². The molecule has 1 aromatic rings. The number of benzene rings is 1. The van der Waals surface area contributed by atoms with Gasteiger partial charge in [-0.3, -0.25) is 15.0 Å². The van der Waals surface area contributed by atoms with E-state index in [0.29, 0.717) is 0 Å². The quantitative estimate of drug-likeness (QED) is 0.534. The molecule has 0 atom stereocenters. The Balaban J connectivity index is 0.000000980. The van der Waals surface area contributed by atoms with E-state index < -0.39 is 0 Å². The van der Waals surface area contributed by atoms with Gasteiger partial charge in [0.1, 0.15) is 6.54 Å². The zero-order chi connectivity index (χ0) is 9.26. The van der Waals surface area contributed by atoms with Crippen LogP contribution in [0.1, 0.15) is 0 Å². The van der Waals surface area contributed by atoms with Gasteiger partial charge in [-0.25, -0.2) is 4.79 Å². The van der Waals surface area contributed by atoms with Gasteiger partial charge in [0.05, 0.1) is 0 Å². The summed E-state index contributed by atoms with van der Waals surface area (Å²) in [6, 6.07) is 8.74. The molecule has 3 amide bonds. The van der Waals surface area contributed by atoms with E-state index in [1.54, 1.807) is 12.1 Å². The Morgan fingerprint density at radius 3 is 2.29 bits per heavy atom. The predicted octanol–water partition coefficient (Wildman–Crippen LogP) is 0.0943. The molecule has 0 aliphatic carbocycles. The molecule has 14 heavy (non-hydrogen) atoms. The number of rotatable bonds is 1. The SMILES string of the molecule is O=C1CN(c2ccccc2)C(=O)N1.[KH]. The Bertz CT molecular complexity index is 353. The molecule has 0 unspecified atom stereocenters. The Hall–Kier alpha value is -0.204. The fourth-order valence-corrected chi connectivity index (χ4v) is 1.26. The second-order valence-corrected chi connectivity index (χ2v) is 2.78. The third-order valence-electron chi connectivity index (χ3n) is 1.86. The molecule has 1 saturated heterocycles. The Morgan fingerprint density at radius 2 is 1.79 bits per heavy atom. The first-order chi connectivity index (χ1) is 6.27. The van der Waals surface area contributed by atoms with E-state index in [-0.39, 0.29) is 69.9 Å². The molecule has 1 aromatic carbocycles. The van der Waals surface area contributed by atoms with Crippen molar-refractivity contribution in [3.05, 3.63) is 30.3 Å². The first-order valence-corrected chi connectivity index (χ1v) is 3.94. The van der Waals surface area contributed by atoms with Crippen LogP contribution in [0.3, 0.4) is 0 Å². The van der Waals surface area contributed by atoms with Crippen LogP contribution in [0.2, 0.25) is 0 Å². The third-order valence-corrected chi connectivity index (χ3v) is 1.86. The van der Waals surface area contributed by atoms with Gasteiger partial charge in [-0.1, -0.05) is 18.2 Å². The number of amides is 3. The van der Waals surface area contributed by atoms with Crippen LogP contribution in [-0.2, 0) is 4.79 Å². The van der Waals surface area contributed by atoms with Gasteiger partial charge in [-0.2, -0.15) is 0 Å². The maximum atomic E-state index is 11.2. The molecule has 0 saturated carbocycles. The van der Waals surface area contributed by atoms with E-state index >= 15 is 0 Å². The van der Waals surface area contributed by atoms with Gasteiger partial charge >= 0.3 is 57.4 Å². The first kappa shape index (κ1) is 11.9. The summed E-state index contributed by atoms with van der Waals surface area (Å²) in [6.07, 6.45) is 0. The standard InChI is InChI=1S/C9H8N2O2.K.H/c12-8-6-11(9(13)10-8)7-4-2-1-3-5-7;;/h1-5H,6H2,(H,10,12,13);;. The number of hydrogen-bond acceptors (Lipinski definition) is 2. The van der Waals surface area contributed by atoms with Crippen molar-refractivity contribution in [2.45, 2.75) is 0 Å². The fraction of sp³-hybridized carbons (Fsp3) is 0.111. The van der Waals surface area contributed by atoms with Crippen LogP contribution >= 0.6 is 0 Å². The fourth-order valence-electron chi connectivity index (χ4n) is 1.26. The molecule has 1 N–H and O–H groups in total. The van der Waals surface area contributed by atoms with Crippen molar-refractivity contribution in [3.63, 3.8) is 0 Å². The average Bonchev–Trinajstić information content (AvgIpc) is 2.47. The normalized spacial score (nSPS) is 15.0.